The van der Waals surface area contributed by atoms with Crippen molar-refractivity contribution in [2.75, 3.05) is 0 Å². The second-order valence-corrected chi connectivity index (χ2v) is 7.89. The molecule has 1 heteroatoms. The van der Waals surface area contributed by atoms with Crippen LogP contribution in [0.15, 0.2) is 11.6 Å². The number of ketones is 1. The molecule has 4 rings (SSSR count). The van der Waals surface area contributed by atoms with E-state index in [0.29, 0.717) is 11.2 Å². The molecule has 0 saturated heterocycles. The molecule has 0 radical (unpaired) electrons. The number of carbonyl (C=O) groups is 1. The van der Waals surface area contributed by atoms with E-state index in [-0.39, 0.29) is 0 Å². The molecule has 0 amide bonds. The zero-order chi connectivity index (χ0) is 13.0. The summed E-state index contributed by atoms with van der Waals surface area (Å²) in [6.07, 6.45) is 13.9. The van der Waals surface area contributed by atoms with Crippen LogP contribution in [0.3, 0.4) is 0 Å². The highest BCUT2D eigenvalue weighted by Crippen LogP contribution is 2.61. The van der Waals surface area contributed by atoms with Crippen molar-refractivity contribution >= 4 is 5.78 Å². The van der Waals surface area contributed by atoms with Crippen molar-refractivity contribution in [2.24, 2.45) is 29.1 Å². The largest absolute Gasteiger partial charge is 0.295 e. The van der Waals surface area contributed by atoms with Gasteiger partial charge < -0.3 is 0 Å². The molecule has 4 aliphatic carbocycles. The Labute approximate surface area is 116 Å². The molecule has 19 heavy (non-hydrogen) atoms. The average Bonchev–Trinajstić information content (AvgIpc) is 2.79. The molecule has 5 atom stereocenters. The van der Waals surface area contributed by atoms with E-state index in [9.17, 15) is 4.79 Å². The predicted molar refractivity (Wildman–Crippen MR) is 76.7 cm³/mol. The monoisotopic (exact) mass is 258 g/mol. The molecule has 0 heterocycles. The molecule has 0 bridgehead atoms. The Morgan fingerprint density at radius 3 is 2.84 bits per heavy atom. The molecule has 0 aromatic heterocycles. The minimum Gasteiger partial charge on any atom is -0.295 e. The van der Waals surface area contributed by atoms with Gasteiger partial charge in [-0.25, -0.2) is 0 Å². The molecule has 4 aliphatic rings. The fourth-order valence-corrected chi connectivity index (χ4v) is 6.17. The Bertz CT molecular complexity index is 435. The Balaban J connectivity index is 1.63. The maximum Gasteiger partial charge on any atom is 0.155 e. The van der Waals surface area contributed by atoms with E-state index < -0.39 is 0 Å². The van der Waals surface area contributed by atoms with Gasteiger partial charge in [0, 0.05) is 6.42 Å². The van der Waals surface area contributed by atoms with Gasteiger partial charge in [0.25, 0.3) is 0 Å². The quantitative estimate of drug-likeness (QED) is 0.624. The normalized spacial score (nSPS) is 49.1. The van der Waals surface area contributed by atoms with E-state index in [1.165, 1.54) is 50.5 Å². The van der Waals surface area contributed by atoms with Crippen LogP contribution >= 0.6 is 0 Å². The zero-order valence-electron chi connectivity index (χ0n) is 12.2. The number of hydrogen-bond donors (Lipinski definition) is 0. The number of hydrogen-bond acceptors (Lipinski definition) is 1. The van der Waals surface area contributed by atoms with Crippen LogP contribution < -0.4 is 0 Å². The van der Waals surface area contributed by atoms with Crippen molar-refractivity contribution in [3.05, 3.63) is 11.6 Å². The summed E-state index contributed by atoms with van der Waals surface area (Å²) < 4.78 is 0. The van der Waals surface area contributed by atoms with E-state index in [0.717, 1.165) is 36.5 Å². The van der Waals surface area contributed by atoms with Crippen LogP contribution in [0.5, 0.6) is 0 Å². The first-order valence-electron chi connectivity index (χ1n) is 8.41. The SMILES string of the molecule is C[C@@]12CCC[C@H]1[C@@H]1CCC3=CC(=O)CCC3[C@H]1CC2. The van der Waals surface area contributed by atoms with Crippen molar-refractivity contribution in [3.63, 3.8) is 0 Å². The zero-order valence-corrected chi connectivity index (χ0v) is 12.2. The molecule has 104 valence electrons. The van der Waals surface area contributed by atoms with Crippen molar-refractivity contribution in [3.8, 4) is 0 Å². The number of fused-ring (bicyclic) bond motifs is 5. The minimum atomic E-state index is 0.395. The lowest BCUT2D eigenvalue weighted by atomic mass is 9.52. The Morgan fingerprint density at radius 1 is 1.05 bits per heavy atom. The first kappa shape index (κ1) is 12.2. The van der Waals surface area contributed by atoms with E-state index in [1.54, 1.807) is 0 Å². The predicted octanol–water partition coefficient (Wildman–Crippen LogP) is 4.52. The van der Waals surface area contributed by atoms with Gasteiger partial charge in [-0.2, -0.15) is 0 Å². The highest BCUT2D eigenvalue weighted by atomic mass is 16.1. The first-order valence-corrected chi connectivity index (χ1v) is 8.41. The smallest absolute Gasteiger partial charge is 0.155 e. The summed E-state index contributed by atoms with van der Waals surface area (Å²) in [7, 11) is 0. The Morgan fingerprint density at radius 2 is 1.95 bits per heavy atom. The highest BCUT2D eigenvalue weighted by molar-refractivity contribution is 5.91. The molecule has 0 N–H and O–H groups in total. The standard InChI is InChI=1S/C18H26O/c1-18-9-2-3-17(18)16-6-4-12-11-13(19)5-7-14(12)15(16)8-10-18/h11,14-17H,2-10H2,1H3/t14?,15-,16-,17+,18+/m1/s1. The van der Waals surface area contributed by atoms with Crippen LogP contribution in [0.25, 0.3) is 0 Å². The summed E-state index contributed by atoms with van der Waals surface area (Å²) in [5.74, 6) is 4.08. The molecule has 3 saturated carbocycles. The minimum absolute atomic E-state index is 0.395. The Kier molecular flexibility index (Phi) is 2.69. The van der Waals surface area contributed by atoms with Crippen LogP contribution in [0.4, 0.5) is 0 Å². The van der Waals surface area contributed by atoms with Gasteiger partial charge in [-0.05, 0) is 80.1 Å². The van der Waals surface area contributed by atoms with Crippen LogP contribution in [0, 0.1) is 29.1 Å². The maximum atomic E-state index is 11.6. The van der Waals surface area contributed by atoms with Crippen LogP contribution in [0.1, 0.15) is 64.7 Å². The van der Waals surface area contributed by atoms with Gasteiger partial charge in [0.2, 0.25) is 0 Å². The van der Waals surface area contributed by atoms with Gasteiger partial charge in [0.05, 0.1) is 0 Å². The second-order valence-electron chi connectivity index (χ2n) is 7.89. The number of rotatable bonds is 0. The van der Waals surface area contributed by atoms with Crippen LogP contribution in [-0.4, -0.2) is 5.78 Å². The molecule has 0 spiro atoms. The molecule has 1 nitrogen and oxygen atoms in total. The van der Waals surface area contributed by atoms with Gasteiger partial charge in [-0.15, -0.1) is 0 Å². The average molecular weight is 258 g/mol. The summed E-state index contributed by atoms with van der Waals surface area (Å²) in [5.41, 5.74) is 2.20. The lowest BCUT2D eigenvalue weighted by molar-refractivity contribution is -0.116. The lowest BCUT2D eigenvalue weighted by Gasteiger charge is -2.52. The molecule has 3 fully saturated rings. The molecule has 0 aromatic carbocycles. The number of allylic oxidation sites excluding steroid dienone is 1. The lowest BCUT2D eigenvalue weighted by Crippen LogP contribution is -2.44. The third kappa shape index (κ3) is 1.76. The third-order valence-corrected chi connectivity index (χ3v) is 7.08. The van der Waals surface area contributed by atoms with Gasteiger partial charge in [-0.3, -0.25) is 4.79 Å². The third-order valence-electron chi connectivity index (χ3n) is 7.08. The molecule has 1 unspecified atom stereocenters. The van der Waals surface area contributed by atoms with Crippen molar-refractivity contribution < 1.29 is 4.79 Å². The molecular formula is C18H26O. The Hall–Kier alpha value is -0.590. The fourth-order valence-electron chi connectivity index (χ4n) is 6.17. The first-order chi connectivity index (χ1) is 9.17. The van der Waals surface area contributed by atoms with Crippen LogP contribution in [-0.2, 0) is 4.79 Å². The highest BCUT2D eigenvalue weighted by Gasteiger charge is 2.52. The van der Waals surface area contributed by atoms with Gasteiger partial charge in [-0.1, -0.05) is 18.9 Å². The summed E-state index contributed by atoms with van der Waals surface area (Å²) in [6.45, 7) is 2.57. The van der Waals surface area contributed by atoms with Crippen molar-refractivity contribution in [2.45, 2.75) is 64.7 Å². The van der Waals surface area contributed by atoms with E-state index in [2.05, 4.69) is 6.92 Å². The molecule has 0 aliphatic heterocycles. The van der Waals surface area contributed by atoms with Crippen molar-refractivity contribution in [1.29, 1.82) is 0 Å². The molecule has 0 aromatic rings. The van der Waals surface area contributed by atoms with E-state index in [1.807, 2.05) is 6.08 Å². The van der Waals surface area contributed by atoms with Gasteiger partial charge in [0.15, 0.2) is 5.78 Å². The topological polar surface area (TPSA) is 17.1 Å². The summed E-state index contributed by atoms with van der Waals surface area (Å²) >= 11 is 0. The molecular weight excluding hydrogens is 232 g/mol. The number of carbonyl (C=O) groups excluding carboxylic acids is 1. The van der Waals surface area contributed by atoms with E-state index in [4.69, 9.17) is 0 Å². The van der Waals surface area contributed by atoms with E-state index >= 15 is 0 Å². The summed E-state index contributed by atoms with van der Waals surface area (Å²) in [4.78, 5) is 11.6. The fraction of sp³-hybridized carbons (Fsp3) is 0.833. The second kappa shape index (κ2) is 4.20. The van der Waals surface area contributed by atoms with Gasteiger partial charge >= 0.3 is 0 Å². The van der Waals surface area contributed by atoms with Crippen molar-refractivity contribution in [1.82, 2.24) is 0 Å². The summed E-state index contributed by atoms with van der Waals surface area (Å²) in [6, 6.07) is 0. The van der Waals surface area contributed by atoms with Crippen LogP contribution in [0.2, 0.25) is 0 Å². The van der Waals surface area contributed by atoms with Gasteiger partial charge in [0.1, 0.15) is 0 Å². The summed E-state index contributed by atoms with van der Waals surface area (Å²) in [5, 5.41) is 0. The maximum absolute atomic E-state index is 11.6.